The normalized spacial score (nSPS) is 11.6. The molecule has 1 rings (SSSR count). The Morgan fingerprint density at radius 3 is 2.23 bits per heavy atom. The van der Waals surface area contributed by atoms with Gasteiger partial charge in [-0.05, 0) is 12.5 Å². The summed E-state index contributed by atoms with van der Waals surface area (Å²) in [5, 5.41) is 0. The number of Topliss-reactive ketones (excluding diaryl/α,β-unsaturated/α-hetero) is 1. The first-order chi connectivity index (χ1) is 10.4. The van der Waals surface area contributed by atoms with Gasteiger partial charge >= 0.3 is 0 Å². The first kappa shape index (κ1) is 18.9. The second-order valence-electron chi connectivity index (χ2n) is 7.44. The van der Waals surface area contributed by atoms with Gasteiger partial charge in [-0.3, -0.25) is 4.79 Å². The Kier molecular flexibility index (Phi) is 8.40. The molecule has 0 aromatic heterocycles. The molecular formula is C20H34NO+. The van der Waals surface area contributed by atoms with Crippen LogP contribution in [0.5, 0.6) is 0 Å². The molecular weight excluding hydrogens is 270 g/mol. The molecule has 0 saturated heterocycles. The number of hydrogen-bond donors (Lipinski definition) is 0. The minimum atomic E-state index is 0.303. The highest BCUT2D eigenvalue weighted by atomic mass is 16.1. The van der Waals surface area contributed by atoms with Crippen molar-refractivity contribution in [2.75, 3.05) is 21.1 Å². The van der Waals surface area contributed by atoms with Crippen LogP contribution in [0.2, 0.25) is 0 Å². The van der Waals surface area contributed by atoms with Crippen LogP contribution in [0.1, 0.15) is 74.2 Å². The number of nitrogens with zero attached hydrogens (tertiary/aromatic N) is 1. The topological polar surface area (TPSA) is 17.1 Å². The van der Waals surface area contributed by atoms with Crippen LogP contribution in [-0.2, 0) is 6.54 Å². The van der Waals surface area contributed by atoms with Crippen molar-refractivity contribution in [3.05, 3.63) is 35.4 Å². The van der Waals surface area contributed by atoms with Crippen LogP contribution in [0.4, 0.5) is 0 Å². The van der Waals surface area contributed by atoms with Gasteiger partial charge in [-0.25, -0.2) is 0 Å². The lowest BCUT2D eigenvalue weighted by Crippen LogP contribution is -2.33. The van der Waals surface area contributed by atoms with Gasteiger partial charge in [0.05, 0.1) is 21.1 Å². The van der Waals surface area contributed by atoms with Crippen molar-refractivity contribution in [3.63, 3.8) is 0 Å². The molecule has 0 aliphatic carbocycles. The minimum absolute atomic E-state index is 0.303. The fraction of sp³-hybridized carbons (Fsp3) is 0.650. The zero-order valence-corrected chi connectivity index (χ0v) is 15.0. The standard InChI is InChI=1S/C20H34NO/c1-5-6-7-8-9-10-11-15-20(22)19-14-12-13-18(16-19)17-21(2,3)4/h12-14,16H,5-11,15,17H2,1-4H3/q+1. The summed E-state index contributed by atoms with van der Waals surface area (Å²) in [5.41, 5.74) is 2.13. The van der Waals surface area contributed by atoms with E-state index in [1.807, 2.05) is 12.1 Å². The Bertz CT molecular complexity index is 445. The smallest absolute Gasteiger partial charge is 0.162 e. The summed E-state index contributed by atoms with van der Waals surface area (Å²) in [6.07, 6.45) is 9.49. The van der Waals surface area contributed by atoms with Crippen molar-refractivity contribution in [1.29, 1.82) is 0 Å². The third-order valence-corrected chi connectivity index (χ3v) is 3.91. The molecule has 22 heavy (non-hydrogen) atoms. The lowest BCUT2D eigenvalue weighted by Gasteiger charge is -2.24. The van der Waals surface area contributed by atoms with Crippen LogP contribution in [0, 0.1) is 0 Å². The first-order valence-electron chi connectivity index (χ1n) is 8.85. The van der Waals surface area contributed by atoms with Crippen LogP contribution in [0.3, 0.4) is 0 Å². The number of benzene rings is 1. The molecule has 0 unspecified atom stereocenters. The molecule has 0 aliphatic rings. The van der Waals surface area contributed by atoms with Gasteiger partial charge in [0.15, 0.2) is 5.78 Å². The predicted molar refractivity (Wildman–Crippen MR) is 95.1 cm³/mol. The fourth-order valence-electron chi connectivity index (χ4n) is 2.78. The van der Waals surface area contributed by atoms with Gasteiger partial charge in [-0.2, -0.15) is 0 Å². The Labute approximate surface area is 137 Å². The zero-order valence-electron chi connectivity index (χ0n) is 15.0. The Morgan fingerprint density at radius 1 is 0.955 bits per heavy atom. The van der Waals surface area contributed by atoms with Crippen LogP contribution in [0.15, 0.2) is 24.3 Å². The van der Waals surface area contributed by atoms with Gasteiger partial charge in [0.2, 0.25) is 0 Å². The maximum Gasteiger partial charge on any atom is 0.162 e. The molecule has 2 nitrogen and oxygen atoms in total. The summed E-state index contributed by atoms with van der Waals surface area (Å²) in [4.78, 5) is 12.3. The van der Waals surface area contributed by atoms with Crippen molar-refractivity contribution in [3.8, 4) is 0 Å². The number of quaternary nitrogens is 1. The summed E-state index contributed by atoms with van der Waals surface area (Å²) >= 11 is 0. The van der Waals surface area contributed by atoms with Crippen LogP contribution in [0.25, 0.3) is 0 Å². The monoisotopic (exact) mass is 304 g/mol. The SMILES string of the molecule is CCCCCCCCCC(=O)c1cccc(C[N+](C)(C)C)c1. The molecule has 1 aromatic rings. The highest BCUT2D eigenvalue weighted by molar-refractivity contribution is 5.96. The van der Waals surface area contributed by atoms with Crippen molar-refractivity contribution < 1.29 is 9.28 Å². The van der Waals surface area contributed by atoms with E-state index in [9.17, 15) is 4.79 Å². The minimum Gasteiger partial charge on any atom is -0.327 e. The number of carbonyl (C=O) groups excluding carboxylic acids is 1. The molecule has 0 heterocycles. The number of ketones is 1. The van der Waals surface area contributed by atoms with Crippen LogP contribution >= 0.6 is 0 Å². The molecule has 0 saturated carbocycles. The van der Waals surface area contributed by atoms with E-state index < -0.39 is 0 Å². The van der Waals surface area contributed by atoms with E-state index in [0.717, 1.165) is 23.0 Å². The van der Waals surface area contributed by atoms with Crippen molar-refractivity contribution >= 4 is 5.78 Å². The molecule has 2 heteroatoms. The van der Waals surface area contributed by atoms with E-state index >= 15 is 0 Å². The lowest BCUT2D eigenvalue weighted by molar-refractivity contribution is -0.884. The van der Waals surface area contributed by atoms with Gasteiger partial charge in [-0.1, -0.05) is 63.6 Å². The van der Waals surface area contributed by atoms with E-state index in [2.05, 4.69) is 40.2 Å². The molecule has 0 bridgehead atoms. The van der Waals surface area contributed by atoms with Crippen molar-refractivity contribution in [1.82, 2.24) is 0 Å². The van der Waals surface area contributed by atoms with E-state index in [4.69, 9.17) is 0 Å². The highest BCUT2D eigenvalue weighted by Gasteiger charge is 2.11. The Morgan fingerprint density at radius 2 is 1.59 bits per heavy atom. The van der Waals surface area contributed by atoms with E-state index in [1.54, 1.807) is 0 Å². The zero-order chi connectivity index (χ0) is 16.4. The van der Waals surface area contributed by atoms with Crippen LogP contribution < -0.4 is 0 Å². The van der Waals surface area contributed by atoms with Gasteiger partial charge in [0.1, 0.15) is 6.54 Å². The summed E-state index contributed by atoms with van der Waals surface area (Å²) in [5.74, 6) is 0.303. The van der Waals surface area contributed by atoms with Gasteiger partial charge in [0, 0.05) is 17.5 Å². The third-order valence-electron chi connectivity index (χ3n) is 3.91. The molecule has 0 aliphatic heterocycles. The molecule has 0 N–H and O–H groups in total. The summed E-state index contributed by atoms with van der Waals surface area (Å²) < 4.78 is 0.884. The average Bonchev–Trinajstić information content (AvgIpc) is 2.44. The van der Waals surface area contributed by atoms with Crippen molar-refractivity contribution in [2.45, 2.75) is 64.8 Å². The number of carbonyl (C=O) groups is 1. The maximum atomic E-state index is 12.3. The Hall–Kier alpha value is -1.15. The summed E-state index contributed by atoms with van der Waals surface area (Å²) in [6.45, 7) is 3.20. The first-order valence-corrected chi connectivity index (χ1v) is 8.85. The molecule has 0 fully saturated rings. The van der Waals surface area contributed by atoms with E-state index in [0.29, 0.717) is 12.2 Å². The number of hydrogen-bond acceptors (Lipinski definition) is 1. The number of rotatable bonds is 11. The Balaban J connectivity index is 2.35. The summed E-state index contributed by atoms with van der Waals surface area (Å²) in [7, 11) is 6.52. The average molecular weight is 304 g/mol. The third kappa shape index (κ3) is 8.33. The largest absolute Gasteiger partial charge is 0.327 e. The molecule has 0 radical (unpaired) electrons. The second kappa shape index (κ2) is 9.78. The summed E-state index contributed by atoms with van der Waals surface area (Å²) in [6, 6.07) is 8.17. The quantitative estimate of drug-likeness (QED) is 0.311. The van der Waals surface area contributed by atoms with Crippen LogP contribution in [-0.4, -0.2) is 31.4 Å². The maximum absolute atomic E-state index is 12.3. The molecule has 0 spiro atoms. The van der Waals surface area contributed by atoms with Gasteiger partial charge in [-0.15, -0.1) is 0 Å². The molecule has 0 amide bonds. The number of unbranched alkanes of at least 4 members (excludes halogenated alkanes) is 6. The molecule has 1 aromatic carbocycles. The van der Waals surface area contributed by atoms with Crippen molar-refractivity contribution in [2.24, 2.45) is 0 Å². The molecule has 124 valence electrons. The highest BCUT2D eigenvalue weighted by Crippen LogP contribution is 2.14. The lowest BCUT2D eigenvalue weighted by atomic mass is 10.0. The second-order valence-corrected chi connectivity index (χ2v) is 7.44. The predicted octanol–water partition coefficient (Wildman–Crippen LogP) is 5.22. The van der Waals surface area contributed by atoms with E-state index in [1.165, 1.54) is 44.1 Å². The van der Waals surface area contributed by atoms with Gasteiger partial charge in [0.25, 0.3) is 0 Å². The fourth-order valence-corrected chi connectivity index (χ4v) is 2.78. The van der Waals surface area contributed by atoms with E-state index in [-0.39, 0.29) is 0 Å². The van der Waals surface area contributed by atoms with Gasteiger partial charge < -0.3 is 4.48 Å². The molecule has 0 atom stereocenters.